The molecule has 5 nitrogen and oxygen atoms in total. The van der Waals surface area contributed by atoms with Gasteiger partial charge in [-0.1, -0.05) is 53.5 Å². The van der Waals surface area contributed by atoms with Gasteiger partial charge >= 0.3 is 12.4 Å². The van der Waals surface area contributed by atoms with E-state index in [1.165, 1.54) is 42.5 Å². The van der Waals surface area contributed by atoms with Gasteiger partial charge in [-0.2, -0.15) is 0 Å². The fourth-order valence-electron chi connectivity index (χ4n) is 2.81. The second-order valence-corrected chi connectivity index (χ2v) is 7.15. The van der Waals surface area contributed by atoms with Crippen molar-refractivity contribution < 1.29 is 27.8 Å². The van der Waals surface area contributed by atoms with Gasteiger partial charge in [0.2, 0.25) is 0 Å². The van der Waals surface area contributed by atoms with Crippen LogP contribution in [0.25, 0.3) is 11.1 Å². The molecule has 0 spiro atoms. The van der Waals surface area contributed by atoms with Crippen LogP contribution in [0.5, 0.6) is 11.5 Å². The zero-order valence-electron chi connectivity index (χ0n) is 15.6. The maximum absolute atomic E-state index is 12.7. The van der Waals surface area contributed by atoms with Crippen LogP contribution >= 0.6 is 23.2 Å². The Bertz CT molecular complexity index is 1080. The lowest BCUT2D eigenvalue weighted by atomic mass is 10.0. The van der Waals surface area contributed by atoms with Gasteiger partial charge in [0.15, 0.2) is 0 Å². The maximum atomic E-state index is 12.7. The van der Waals surface area contributed by atoms with Crippen LogP contribution in [0.2, 0.25) is 10.0 Å². The van der Waals surface area contributed by atoms with Gasteiger partial charge in [-0.25, -0.2) is 4.79 Å². The Kier molecular flexibility index (Phi) is 6.82. The highest BCUT2D eigenvalue weighted by Crippen LogP contribution is 2.42. The van der Waals surface area contributed by atoms with Crippen molar-refractivity contribution in [1.29, 1.82) is 0 Å². The standard InChI is InChI=1S/C21H15Cl2F3N2O3/c22-16-9-13(28-20(30)27-11-12-4-3-5-14(29)8-12)10-17(23)19(16)15-6-1-2-7-18(15)31-21(24,25)26/h1-10,29H,11H2,(H2,27,28,30). The second kappa shape index (κ2) is 9.36. The number of para-hydroxylation sites is 1. The number of alkyl halides is 3. The number of hydrogen-bond donors (Lipinski definition) is 3. The summed E-state index contributed by atoms with van der Waals surface area (Å²) in [6.45, 7) is 0.155. The first-order valence-corrected chi connectivity index (χ1v) is 9.55. The molecule has 162 valence electrons. The number of ether oxygens (including phenoxy) is 1. The van der Waals surface area contributed by atoms with Gasteiger partial charge in [0.05, 0.1) is 10.0 Å². The van der Waals surface area contributed by atoms with Crippen LogP contribution in [0.4, 0.5) is 23.7 Å². The number of amides is 2. The lowest BCUT2D eigenvalue weighted by molar-refractivity contribution is -0.274. The van der Waals surface area contributed by atoms with Crippen molar-refractivity contribution in [3.8, 4) is 22.6 Å². The van der Waals surface area contributed by atoms with E-state index in [2.05, 4.69) is 15.4 Å². The highest BCUT2D eigenvalue weighted by atomic mass is 35.5. The lowest BCUT2D eigenvalue weighted by Gasteiger charge is -2.16. The van der Waals surface area contributed by atoms with E-state index in [-0.39, 0.29) is 39.2 Å². The molecular formula is C21H15Cl2F3N2O3. The van der Waals surface area contributed by atoms with Crippen LogP contribution in [0.3, 0.4) is 0 Å². The van der Waals surface area contributed by atoms with Crippen molar-refractivity contribution in [1.82, 2.24) is 5.32 Å². The largest absolute Gasteiger partial charge is 0.573 e. The Morgan fingerprint density at radius 3 is 2.32 bits per heavy atom. The van der Waals surface area contributed by atoms with Gasteiger partial charge < -0.3 is 20.5 Å². The predicted octanol–water partition coefficient (Wildman–Crippen LogP) is 6.59. The number of benzene rings is 3. The first kappa shape index (κ1) is 22.6. The molecule has 0 aliphatic carbocycles. The minimum Gasteiger partial charge on any atom is -0.508 e. The Morgan fingerprint density at radius 2 is 1.68 bits per heavy atom. The number of phenolic OH excluding ortho intramolecular Hbond substituents is 1. The number of rotatable bonds is 5. The van der Waals surface area contributed by atoms with Crippen LogP contribution in [0.15, 0.2) is 60.7 Å². The third-order valence-corrected chi connectivity index (χ3v) is 4.64. The summed E-state index contributed by atoms with van der Waals surface area (Å²) in [6, 6.07) is 14.0. The first-order chi connectivity index (χ1) is 14.6. The number of phenols is 1. The van der Waals surface area contributed by atoms with Crippen LogP contribution in [-0.2, 0) is 6.54 Å². The average molecular weight is 471 g/mol. The summed E-state index contributed by atoms with van der Waals surface area (Å²) in [7, 11) is 0. The molecule has 0 aliphatic rings. The molecule has 3 aromatic carbocycles. The first-order valence-electron chi connectivity index (χ1n) is 8.79. The number of aromatic hydroxyl groups is 1. The Morgan fingerprint density at radius 1 is 1.00 bits per heavy atom. The number of carbonyl (C=O) groups excluding carboxylic acids is 1. The molecule has 0 saturated heterocycles. The third-order valence-electron chi connectivity index (χ3n) is 4.05. The van der Waals surface area contributed by atoms with Crippen LogP contribution in [0.1, 0.15) is 5.56 Å². The third kappa shape index (κ3) is 6.19. The summed E-state index contributed by atoms with van der Waals surface area (Å²) in [6.07, 6.45) is -4.88. The number of urea groups is 1. The minimum atomic E-state index is -4.88. The molecule has 3 N–H and O–H groups in total. The number of anilines is 1. The van der Waals surface area contributed by atoms with E-state index in [1.807, 2.05) is 0 Å². The fraction of sp³-hybridized carbons (Fsp3) is 0.0952. The number of carbonyl (C=O) groups is 1. The van der Waals surface area contributed by atoms with E-state index in [4.69, 9.17) is 23.2 Å². The molecule has 2 amide bonds. The van der Waals surface area contributed by atoms with Crippen LogP contribution in [-0.4, -0.2) is 17.5 Å². The van der Waals surface area contributed by atoms with Gasteiger partial charge in [-0.05, 0) is 35.9 Å². The van der Waals surface area contributed by atoms with E-state index in [9.17, 15) is 23.1 Å². The highest BCUT2D eigenvalue weighted by molar-refractivity contribution is 6.40. The van der Waals surface area contributed by atoms with E-state index < -0.39 is 18.1 Å². The molecule has 0 aliphatic heterocycles. The normalized spacial score (nSPS) is 11.1. The molecule has 0 unspecified atom stereocenters. The zero-order chi connectivity index (χ0) is 22.6. The molecule has 3 aromatic rings. The summed E-state index contributed by atoms with van der Waals surface area (Å²) >= 11 is 12.5. The highest BCUT2D eigenvalue weighted by Gasteiger charge is 2.32. The van der Waals surface area contributed by atoms with E-state index >= 15 is 0 Å². The fourth-order valence-corrected chi connectivity index (χ4v) is 3.50. The van der Waals surface area contributed by atoms with E-state index in [1.54, 1.807) is 12.1 Å². The predicted molar refractivity (Wildman–Crippen MR) is 113 cm³/mol. The smallest absolute Gasteiger partial charge is 0.508 e. The Hall–Kier alpha value is -3.10. The molecule has 0 bridgehead atoms. The summed E-state index contributed by atoms with van der Waals surface area (Å²) in [5, 5.41) is 14.6. The van der Waals surface area contributed by atoms with Crippen molar-refractivity contribution in [3.05, 3.63) is 76.3 Å². The number of nitrogens with one attached hydrogen (secondary N) is 2. The van der Waals surface area contributed by atoms with E-state index in [0.717, 1.165) is 6.07 Å². The van der Waals surface area contributed by atoms with Crippen LogP contribution in [0, 0.1) is 0 Å². The maximum Gasteiger partial charge on any atom is 0.573 e. The molecule has 0 radical (unpaired) electrons. The van der Waals surface area contributed by atoms with Gasteiger partial charge in [-0.3, -0.25) is 0 Å². The summed E-state index contributed by atoms with van der Waals surface area (Å²) in [5.74, 6) is -0.382. The zero-order valence-corrected chi connectivity index (χ0v) is 17.1. The molecule has 0 atom stereocenters. The second-order valence-electron chi connectivity index (χ2n) is 6.34. The molecule has 0 saturated carbocycles. The van der Waals surface area contributed by atoms with Gasteiger partial charge in [0, 0.05) is 23.4 Å². The minimum absolute atomic E-state index is 0.0222. The topological polar surface area (TPSA) is 70.6 Å². The summed E-state index contributed by atoms with van der Waals surface area (Å²) < 4.78 is 42.2. The number of halogens is 5. The SMILES string of the molecule is O=C(NCc1cccc(O)c1)Nc1cc(Cl)c(-c2ccccc2OC(F)(F)F)c(Cl)c1. The molecule has 0 heterocycles. The van der Waals surface area contributed by atoms with Crippen molar-refractivity contribution in [2.24, 2.45) is 0 Å². The summed E-state index contributed by atoms with van der Waals surface area (Å²) in [5.41, 5.74) is 1.10. The Labute approximate surface area is 185 Å². The van der Waals surface area contributed by atoms with Crippen molar-refractivity contribution in [2.45, 2.75) is 12.9 Å². The van der Waals surface area contributed by atoms with Crippen molar-refractivity contribution in [2.75, 3.05) is 5.32 Å². The monoisotopic (exact) mass is 470 g/mol. The van der Waals surface area contributed by atoms with Crippen molar-refractivity contribution >= 4 is 34.9 Å². The molecule has 10 heteroatoms. The van der Waals surface area contributed by atoms with E-state index in [0.29, 0.717) is 5.56 Å². The Balaban J connectivity index is 1.77. The quantitative estimate of drug-likeness (QED) is 0.394. The van der Waals surface area contributed by atoms with Gasteiger partial charge in [-0.15, -0.1) is 13.2 Å². The number of hydrogen-bond acceptors (Lipinski definition) is 3. The molecule has 0 fully saturated rings. The van der Waals surface area contributed by atoms with Crippen LogP contribution < -0.4 is 15.4 Å². The molecule has 0 aromatic heterocycles. The molecule has 31 heavy (non-hydrogen) atoms. The van der Waals surface area contributed by atoms with Gasteiger partial charge in [0.25, 0.3) is 0 Å². The molecule has 3 rings (SSSR count). The molecular weight excluding hydrogens is 456 g/mol. The average Bonchev–Trinajstić information content (AvgIpc) is 2.66. The van der Waals surface area contributed by atoms with Crippen molar-refractivity contribution in [3.63, 3.8) is 0 Å². The van der Waals surface area contributed by atoms with Gasteiger partial charge in [0.1, 0.15) is 11.5 Å². The summed E-state index contributed by atoms with van der Waals surface area (Å²) in [4.78, 5) is 12.1. The lowest BCUT2D eigenvalue weighted by Crippen LogP contribution is -2.28.